The minimum absolute atomic E-state index is 0.0637. The van der Waals surface area contributed by atoms with Gasteiger partial charge in [0.15, 0.2) is 0 Å². The maximum Gasteiger partial charge on any atom is 0.254 e. The van der Waals surface area contributed by atoms with Gasteiger partial charge >= 0.3 is 0 Å². The molecule has 1 fully saturated rings. The van der Waals surface area contributed by atoms with Crippen molar-refractivity contribution in [3.63, 3.8) is 0 Å². The van der Waals surface area contributed by atoms with Crippen LogP contribution in [0.1, 0.15) is 56.3 Å². The number of rotatable bonds is 4. The Morgan fingerprint density at radius 2 is 1.79 bits per heavy atom. The number of H-pyrrole nitrogens is 1. The van der Waals surface area contributed by atoms with Crippen LogP contribution in [0.15, 0.2) is 35.1 Å². The van der Waals surface area contributed by atoms with Crippen LogP contribution in [0.25, 0.3) is 0 Å². The Bertz CT molecular complexity index is 876. The fourth-order valence-corrected chi connectivity index (χ4v) is 4.54. The molecule has 5 heteroatoms. The number of hydrogen-bond acceptors (Lipinski definition) is 4. The Hall–Kier alpha value is -1.98. The summed E-state index contributed by atoms with van der Waals surface area (Å²) in [7, 11) is 0. The molecule has 0 unspecified atom stereocenters. The summed E-state index contributed by atoms with van der Waals surface area (Å²) < 4.78 is 0. The maximum atomic E-state index is 12.5. The number of nitrogens with zero attached hydrogens (tertiary/aromatic N) is 3. The summed E-state index contributed by atoms with van der Waals surface area (Å²) in [5.74, 6) is 1.55. The van der Waals surface area contributed by atoms with Crippen molar-refractivity contribution >= 4 is 0 Å². The molecule has 1 aromatic heterocycles. The number of piperidine rings is 1. The van der Waals surface area contributed by atoms with Gasteiger partial charge in [-0.05, 0) is 43.8 Å². The second kappa shape index (κ2) is 8.41. The van der Waals surface area contributed by atoms with Gasteiger partial charge in [-0.3, -0.25) is 14.6 Å². The molecule has 4 rings (SSSR count). The van der Waals surface area contributed by atoms with Crippen molar-refractivity contribution in [1.29, 1.82) is 0 Å². The predicted molar refractivity (Wildman–Crippen MR) is 117 cm³/mol. The van der Waals surface area contributed by atoms with Gasteiger partial charge in [-0.2, -0.15) is 0 Å². The fourth-order valence-electron chi connectivity index (χ4n) is 4.54. The zero-order valence-corrected chi connectivity index (χ0v) is 18.1. The first-order valence-corrected chi connectivity index (χ1v) is 11.0. The molecule has 0 amide bonds. The number of benzene rings is 1. The molecular formula is C24H34N4O. The molecular weight excluding hydrogens is 360 g/mol. The van der Waals surface area contributed by atoms with Crippen LogP contribution in [-0.4, -0.2) is 45.9 Å². The van der Waals surface area contributed by atoms with Crippen LogP contribution in [0, 0.1) is 5.92 Å². The lowest BCUT2D eigenvalue weighted by molar-refractivity contribution is 0.131. The molecule has 156 valence electrons. The summed E-state index contributed by atoms with van der Waals surface area (Å²) in [4.78, 5) is 25.4. The molecule has 2 aliphatic rings. The smallest absolute Gasteiger partial charge is 0.254 e. The van der Waals surface area contributed by atoms with Gasteiger partial charge in [0.05, 0.1) is 5.69 Å². The Morgan fingerprint density at radius 1 is 1.07 bits per heavy atom. The summed E-state index contributed by atoms with van der Waals surface area (Å²) in [5, 5.41) is 0. The van der Waals surface area contributed by atoms with Crippen molar-refractivity contribution in [1.82, 2.24) is 19.8 Å². The van der Waals surface area contributed by atoms with E-state index in [9.17, 15) is 4.79 Å². The average molecular weight is 395 g/mol. The lowest BCUT2D eigenvalue weighted by Gasteiger charge is -2.36. The van der Waals surface area contributed by atoms with E-state index in [1.807, 2.05) is 0 Å². The van der Waals surface area contributed by atoms with E-state index in [1.54, 1.807) is 0 Å². The van der Waals surface area contributed by atoms with E-state index in [0.717, 1.165) is 55.6 Å². The number of likely N-dealkylation sites (tertiary alicyclic amines) is 1. The van der Waals surface area contributed by atoms with Crippen LogP contribution >= 0.6 is 0 Å². The minimum Gasteiger partial charge on any atom is -0.310 e. The molecule has 0 spiro atoms. The quantitative estimate of drug-likeness (QED) is 0.864. The van der Waals surface area contributed by atoms with Crippen molar-refractivity contribution in [2.75, 3.05) is 26.2 Å². The summed E-state index contributed by atoms with van der Waals surface area (Å²) in [6.45, 7) is 12.6. The number of nitrogens with one attached hydrogen (secondary N) is 1. The molecule has 0 saturated carbocycles. The Labute approximate surface area is 174 Å². The molecule has 3 heterocycles. The van der Waals surface area contributed by atoms with Crippen LogP contribution in [0.5, 0.6) is 0 Å². The van der Waals surface area contributed by atoms with Gasteiger partial charge in [0.25, 0.3) is 5.56 Å². The Morgan fingerprint density at radius 3 is 2.48 bits per heavy atom. The van der Waals surface area contributed by atoms with Gasteiger partial charge < -0.3 is 4.98 Å². The fraction of sp³-hybridized carbons (Fsp3) is 0.583. The highest BCUT2D eigenvalue weighted by molar-refractivity contribution is 5.22. The predicted octanol–water partition coefficient (Wildman–Crippen LogP) is 3.34. The largest absolute Gasteiger partial charge is 0.310 e. The first-order valence-electron chi connectivity index (χ1n) is 11.0. The normalized spacial score (nSPS) is 19.3. The standard InChI is InChI=1S/C24H34N4O/c1-24(2,3)23-25-21-17-28(14-11-20(21)22(29)26-23)16-19-9-12-27(13-10-19)15-18-7-5-4-6-8-18/h4-8,19H,9-17H2,1-3H3,(H,25,26,29). The van der Waals surface area contributed by atoms with E-state index < -0.39 is 0 Å². The Kier molecular flexibility index (Phi) is 5.88. The van der Waals surface area contributed by atoms with Gasteiger partial charge in [-0.25, -0.2) is 4.98 Å². The van der Waals surface area contributed by atoms with Crippen LogP contribution in [-0.2, 0) is 24.9 Å². The van der Waals surface area contributed by atoms with E-state index >= 15 is 0 Å². The van der Waals surface area contributed by atoms with E-state index in [0.29, 0.717) is 0 Å². The van der Waals surface area contributed by atoms with Gasteiger partial charge in [-0.15, -0.1) is 0 Å². The molecule has 1 saturated heterocycles. The highest BCUT2D eigenvalue weighted by Crippen LogP contribution is 2.24. The maximum absolute atomic E-state index is 12.5. The van der Waals surface area contributed by atoms with Gasteiger partial charge in [0.1, 0.15) is 5.82 Å². The molecule has 5 nitrogen and oxygen atoms in total. The number of aromatic nitrogens is 2. The number of aromatic amines is 1. The van der Waals surface area contributed by atoms with E-state index in [4.69, 9.17) is 4.98 Å². The van der Waals surface area contributed by atoms with Crippen molar-refractivity contribution in [3.05, 3.63) is 63.3 Å². The highest BCUT2D eigenvalue weighted by Gasteiger charge is 2.27. The summed E-state index contributed by atoms with van der Waals surface area (Å²) in [5.41, 5.74) is 3.22. The van der Waals surface area contributed by atoms with Crippen LogP contribution in [0.3, 0.4) is 0 Å². The van der Waals surface area contributed by atoms with Gasteiger partial charge in [0.2, 0.25) is 0 Å². The van der Waals surface area contributed by atoms with Crippen molar-refractivity contribution in [3.8, 4) is 0 Å². The first kappa shape index (κ1) is 20.3. The van der Waals surface area contributed by atoms with Crippen molar-refractivity contribution < 1.29 is 0 Å². The van der Waals surface area contributed by atoms with Crippen LogP contribution in [0.4, 0.5) is 0 Å². The second-order valence-electron chi connectivity index (χ2n) is 9.78. The SMILES string of the molecule is CC(C)(C)c1nc2c(c(=O)[nH]1)CCN(CC1CCN(Cc3ccccc3)CC1)C2. The monoisotopic (exact) mass is 394 g/mol. The van der Waals surface area contributed by atoms with Crippen LogP contribution < -0.4 is 5.56 Å². The third kappa shape index (κ3) is 4.96. The average Bonchev–Trinajstić information content (AvgIpc) is 2.69. The number of hydrogen-bond donors (Lipinski definition) is 1. The molecule has 2 aromatic rings. The molecule has 0 radical (unpaired) electrons. The third-order valence-electron chi connectivity index (χ3n) is 6.34. The zero-order valence-electron chi connectivity index (χ0n) is 18.1. The van der Waals surface area contributed by atoms with Crippen molar-refractivity contribution in [2.45, 2.75) is 58.5 Å². The lowest BCUT2D eigenvalue weighted by atomic mass is 9.93. The Balaban J connectivity index is 1.33. The van der Waals surface area contributed by atoms with Crippen molar-refractivity contribution in [2.24, 2.45) is 5.92 Å². The first-order chi connectivity index (χ1) is 13.9. The molecule has 1 aromatic carbocycles. The molecule has 1 N–H and O–H groups in total. The van der Waals surface area contributed by atoms with Gasteiger partial charge in [-0.1, -0.05) is 51.1 Å². The zero-order chi connectivity index (χ0) is 20.4. The van der Waals surface area contributed by atoms with E-state index in [-0.39, 0.29) is 11.0 Å². The third-order valence-corrected chi connectivity index (χ3v) is 6.34. The van der Waals surface area contributed by atoms with Gasteiger partial charge in [0, 0.05) is 37.2 Å². The molecule has 0 atom stereocenters. The summed E-state index contributed by atoms with van der Waals surface area (Å²) in [6, 6.07) is 10.8. The summed E-state index contributed by atoms with van der Waals surface area (Å²) in [6.07, 6.45) is 3.33. The van der Waals surface area contributed by atoms with E-state index in [2.05, 4.69) is 65.9 Å². The topological polar surface area (TPSA) is 52.2 Å². The van der Waals surface area contributed by atoms with Crippen LogP contribution in [0.2, 0.25) is 0 Å². The highest BCUT2D eigenvalue weighted by atomic mass is 16.1. The molecule has 2 aliphatic heterocycles. The lowest BCUT2D eigenvalue weighted by Crippen LogP contribution is -2.42. The molecule has 0 aliphatic carbocycles. The van der Waals surface area contributed by atoms with E-state index in [1.165, 1.54) is 31.5 Å². The second-order valence-corrected chi connectivity index (χ2v) is 9.78. The molecule has 0 bridgehead atoms. The summed E-state index contributed by atoms with van der Waals surface area (Å²) >= 11 is 0. The molecule has 29 heavy (non-hydrogen) atoms. The minimum atomic E-state index is -0.137. The number of fused-ring (bicyclic) bond motifs is 1.